The number of nitrogens with one attached hydrogen (secondary N) is 2. The molecule has 1 atom stereocenters. The Morgan fingerprint density at radius 1 is 1.16 bits per heavy atom. The zero-order valence-electron chi connectivity index (χ0n) is 11.8. The number of hydrazine groups is 1. The van der Waals surface area contributed by atoms with Gasteiger partial charge in [-0.15, -0.1) is 0 Å². The Balaban J connectivity index is 1.94. The predicted octanol–water partition coefficient (Wildman–Crippen LogP) is 3.41. The van der Waals surface area contributed by atoms with Crippen LogP contribution < -0.4 is 15.8 Å². The summed E-state index contributed by atoms with van der Waals surface area (Å²) in [7, 11) is 0. The molecule has 0 radical (unpaired) electrons. The van der Waals surface area contributed by atoms with Gasteiger partial charge in [-0.3, -0.25) is 0 Å². The van der Waals surface area contributed by atoms with E-state index in [1.807, 2.05) is 37.3 Å². The predicted molar refractivity (Wildman–Crippen MR) is 77.8 cm³/mol. The third kappa shape index (κ3) is 3.47. The van der Waals surface area contributed by atoms with Gasteiger partial charge in [0.05, 0.1) is 5.69 Å². The maximum atomic E-state index is 12.0. The number of amides is 2. The van der Waals surface area contributed by atoms with Crippen molar-refractivity contribution in [1.82, 2.24) is 10.7 Å². The topological polar surface area (TPSA) is 44.4 Å². The summed E-state index contributed by atoms with van der Waals surface area (Å²) in [4.78, 5) is 12.0. The van der Waals surface area contributed by atoms with Crippen LogP contribution in [0.4, 0.5) is 10.5 Å². The first kappa shape index (κ1) is 13.9. The van der Waals surface area contributed by atoms with Crippen LogP contribution in [0.5, 0.6) is 0 Å². The van der Waals surface area contributed by atoms with Crippen LogP contribution in [0.3, 0.4) is 0 Å². The molecule has 1 fully saturated rings. The molecule has 4 nitrogen and oxygen atoms in total. The molecule has 1 aromatic rings. The molecule has 2 rings (SSSR count). The Bertz CT molecular complexity index is 421. The molecule has 104 valence electrons. The molecule has 1 aromatic carbocycles. The van der Waals surface area contributed by atoms with E-state index in [1.165, 1.54) is 19.3 Å². The van der Waals surface area contributed by atoms with Crippen LogP contribution in [0.15, 0.2) is 30.3 Å². The zero-order valence-corrected chi connectivity index (χ0v) is 11.8. The highest BCUT2D eigenvalue weighted by Crippen LogP contribution is 2.22. The lowest BCUT2D eigenvalue weighted by Crippen LogP contribution is -2.48. The molecule has 0 aliphatic carbocycles. The van der Waals surface area contributed by atoms with E-state index < -0.39 is 0 Å². The van der Waals surface area contributed by atoms with Crippen molar-refractivity contribution in [3.05, 3.63) is 30.3 Å². The van der Waals surface area contributed by atoms with E-state index in [0.29, 0.717) is 0 Å². The summed E-state index contributed by atoms with van der Waals surface area (Å²) in [6.45, 7) is 4.24. The Morgan fingerprint density at radius 3 is 2.58 bits per heavy atom. The van der Waals surface area contributed by atoms with Gasteiger partial charge >= 0.3 is 6.03 Å². The maximum absolute atomic E-state index is 12.0. The molecule has 0 bridgehead atoms. The van der Waals surface area contributed by atoms with Crippen LogP contribution in [0.2, 0.25) is 0 Å². The number of anilines is 1. The number of urea groups is 1. The number of carbonyl (C=O) groups is 1. The number of carbonyl (C=O) groups excluding carboxylic acids is 1. The van der Waals surface area contributed by atoms with Crippen molar-refractivity contribution in [2.75, 3.05) is 5.01 Å². The lowest BCUT2D eigenvalue weighted by Gasteiger charge is -2.25. The Labute approximate surface area is 115 Å². The molecule has 2 amide bonds. The quantitative estimate of drug-likeness (QED) is 0.771. The van der Waals surface area contributed by atoms with E-state index in [1.54, 1.807) is 5.01 Å². The first-order chi connectivity index (χ1) is 9.14. The number of hydrogen-bond acceptors (Lipinski definition) is 2. The summed E-state index contributed by atoms with van der Waals surface area (Å²) in [5.41, 5.74) is 3.82. The van der Waals surface area contributed by atoms with Crippen LogP contribution in [0.25, 0.3) is 0 Å². The molecule has 1 heterocycles. The van der Waals surface area contributed by atoms with Gasteiger partial charge in [-0.1, -0.05) is 44.4 Å². The van der Waals surface area contributed by atoms with Gasteiger partial charge in [-0.05, 0) is 31.9 Å². The summed E-state index contributed by atoms with van der Waals surface area (Å²) < 4.78 is 0. The minimum absolute atomic E-state index is 0.0795. The van der Waals surface area contributed by atoms with Gasteiger partial charge in [-0.2, -0.15) is 0 Å². The van der Waals surface area contributed by atoms with Gasteiger partial charge < -0.3 is 5.32 Å². The normalized spacial score (nSPS) is 22.6. The van der Waals surface area contributed by atoms with Crippen LogP contribution in [-0.4, -0.2) is 11.7 Å². The summed E-state index contributed by atoms with van der Waals surface area (Å²) in [5, 5.41) is 4.63. The fraction of sp³-hybridized carbons (Fsp3) is 0.533. The van der Waals surface area contributed by atoms with E-state index >= 15 is 0 Å². The lowest BCUT2D eigenvalue weighted by molar-refractivity contribution is 0.246. The van der Waals surface area contributed by atoms with Gasteiger partial charge in [0.2, 0.25) is 0 Å². The number of unbranched alkanes of at least 4 members (excludes halogenated alkanes) is 3. The summed E-state index contributed by atoms with van der Waals surface area (Å²) >= 11 is 0. The molecule has 0 spiro atoms. The van der Waals surface area contributed by atoms with E-state index in [4.69, 9.17) is 0 Å². The largest absolute Gasteiger partial charge is 0.338 e. The van der Waals surface area contributed by atoms with Crippen molar-refractivity contribution >= 4 is 11.7 Å². The van der Waals surface area contributed by atoms with E-state index in [2.05, 4.69) is 17.7 Å². The van der Waals surface area contributed by atoms with Gasteiger partial charge in [-0.25, -0.2) is 15.2 Å². The summed E-state index contributed by atoms with van der Waals surface area (Å²) in [5.74, 6) is 0. The molecule has 1 saturated heterocycles. The smallest absolute Gasteiger partial charge is 0.317 e. The minimum Gasteiger partial charge on any atom is -0.317 e. The second-order valence-corrected chi connectivity index (χ2v) is 5.36. The van der Waals surface area contributed by atoms with E-state index in [-0.39, 0.29) is 11.7 Å². The van der Waals surface area contributed by atoms with Crippen LogP contribution >= 0.6 is 0 Å². The summed E-state index contributed by atoms with van der Waals surface area (Å²) in [6, 6.07) is 9.58. The first-order valence-electron chi connectivity index (χ1n) is 7.10. The van der Waals surface area contributed by atoms with Crippen molar-refractivity contribution in [3.8, 4) is 0 Å². The molecule has 0 aromatic heterocycles. The highest BCUT2D eigenvalue weighted by Gasteiger charge is 2.38. The van der Waals surface area contributed by atoms with Gasteiger partial charge in [0.15, 0.2) is 0 Å². The van der Waals surface area contributed by atoms with Crippen LogP contribution in [-0.2, 0) is 0 Å². The second kappa shape index (κ2) is 6.06. The van der Waals surface area contributed by atoms with Crippen LogP contribution in [0, 0.1) is 0 Å². The standard InChI is InChI=1S/C15H23N3O/c1-3-4-5-9-12-15(2)16-14(19)18(17-15)13-10-7-6-8-11-13/h6-8,10-11,17H,3-5,9,12H2,1-2H3,(H,16,19)/t15-/m1/s1. The van der Waals surface area contributed by atoms with Crippen molar-refractivity contribution < 1.29 is 4.79 Å². The van der Waals surface area contributed by atoms with E-state index in [0.717, 1.165) is 18.5 Å². The molecular weight excluding hydrogens is 238 g/mol. The number of para-hydroxylation sites is 1. The molecule has 19 heavy (non-hydrogen) atoms. The van der Waals surface area contributed by atoms with Crippen molar-refractivity contribution in [2.45, 2.75) is 51.6 Å². The number of rotatable bonds is 6. The molecular formula is C15H23N3O. The Hall–Kier alpha value is -1.55. The number of benzene rings is 1. The third-order valence-electron chi connectivity index (χ3n) is 3.49. The zero-order chi connectivity index (χ0) is 13.7. The average Bonchev–Trinajstić information content (AvgIpc) is 2.72. The van der Waals surface area contributed by atoms with Crippen molar-refractivity contribution in [1.29, 1.82) is 0 Å². The molecule has 0 unspecified atom stereocenters. The lowest BCUT2D eigenvalue weighted by atomic mass is 10.0. The molecule has 1 aliphatic rings. The van der Waals surface area contributed by atoms with Crippen molar-refractivity contribution in [2.24, 2.45) is 0 Å². The summed E-state index contributed by atoms with van der Waals surface area (Å²) in [6.07, 6.45) is 5.77. The molecule has 4 heteroatoms. The first-order valence-corrected chi connectivity index (χ1v) is 7.10. The van der Waals surface area contributed by atoms with Crippen LogP contribution in [0.1, 0.15) is 46.0 Å². The molecule has 0 saturated carbocycles. The van der Waals surface area contributed by atoms with Crippen molar-refractivity contribution in [3.63, 3.8) is 0 Å². The van der Waals surface area contributed by atoms with Gasteiger partial charge in [0.1, 0.15) is 5.66 Å². The monoisotopic (exact) mass is 261 g/mol. The molecule has 2 N–H and O–H groups in total. The number of nitrogens with zero attached hydrogens (tertiary/aromatic N) is 1. The maximum Gasteiger partial charge on any atom is 0.338 e. The highest BCUT2D eigenvalue weighted by atomic mass is 16.2. The average molecular weight is 261 g/mol. The molecule has 1 aliphatic heterocycles. The SMILES string of the molecule is CCCCCC[C@]1(C)NC(=O)N(c2ccccc2)N1. The van der Waals surface area contributed by atoms with E-state index in [9.17, 15) is 4.79 Å². The third-order valence-corrected chi connectivity index (χ3v) is 3.49. The Kier molecular flexibility index (Phi) is 4.43. The fourth-order valence-electron chi connectivity index (χ4n) is 2.40. The highest BCUT2D eigenvalue weighted by molar-refractivity contribution is 5.93. The Morgan fingerprint density at radius 2 is 1.89 bits per heavy atom. The minimum atomic E-state index is -0.333. The number of hydrogen-bond donors (Lipinski definition) is 2. The van der Waals surface area contributed by atoms with Gasteiger partial charge in [0, 0.05) is 0 Å². The second-order valence-electron chi connectivity index (χ2n) is 5.36. The fourth-order valence-corrected chi connectivity index (χ4v) is 2.40. The van der Waals surface area contributed by atoms with Gasteiger partial charge in [0.25, 0.3) is 0 Å².